The second-order valence-corrected chi connectivity index (χ2v) is 5.77. The Morgan fingerprint density at radius 3 is 0.364 bits per heavy atom. The Kier molecular flexibility index (Phi) is 34.5. The van der Waals surface area contributed by atoms with Gasteiger partial charge in [-0.05, 0) is 0 Å². The molecule has 3 heteroatoms. The molecule has 0 saturated carbocycles. The van der Waals surface area contributed by atoms with E-state index in [1.165, 1.54) is 0 Å². The monoisotopic (exact) mass is 740 g/mol. The van der Waals surface area contributed by atoms with Gasteiger partial charge in [0.05, 0.1) is 0 Å². The molecule has 0 unspecified atom stereocenters. The smallest absolute Gasteiger partial charge is 0.214 e. The van der Waals surface area contributed by atoms with Crippen molar-refractivity contribution in [3.05, 3.63) is 182 Å². The molecule has 0 bridgehead atoms. The first kappa shape index (κ1) is 35.5. The maximum atomic E-state index is 2.00. The van der Waals surface area contributed by atoms with Gasteiger partial charge in [0.25, 0.3) is 0 Å². The van der Waals surface area contributed by atoms with Crippen molar-refractivity contribution < 1.29 is 56.3 Å². The maximum absolute atomic E-state index is 2.00. The van der Waals surface area contributed by atoms with Crippen molar-refractivity contribution >= 4 is 0 Å². The van der Waals surface area contributed by atoms with Crippen molar-refractivity contribution in [3.8, 4) is 0 Å². The molecular weight excluding hydrogens is 707 g/mol. The van der Waals surface area contributed by atoms with Gasteiger partial charge in [-0.25, -0.2) is 72.8 Å². The van der Waals surface area contributed by atoms with E-state index in [0.717, 1.165) is 0 Å². The first-order valence-electron chi connectivity index (χ1n) is 10.0. The molecule has 6 aromatic carbocycles. The van der Waals surface area contributed by atoms with Gasteiger partial charge in [0.15, 0.2) is 0 Å². The first-order valence-corrected chi connectivity index (χ1v) is 10.0. The van der Waals surface area contributed by atoms with Gasteiger partial charge in [-0.1, -0.05) is 0 Å². The van der Waals surface area contributed by atoms with Crippen molar-refractivity contribution in [2.75, 3.05) is 0 Å². The van der Waals surface area contributed by atoms with Gasteiger partial charge in [-0.2, -0.15) is 109 Å². The van der Waals surface area contributed by atoms with Crippen LogP contribution in [-0.2, 0) is 56.3 Å². The van der Waals surface area contributed by atoms with Gasteiger partial charge in [-0.15, -0.1) is 0 Å². The fourth-order valence-electron chi connectivity index (χ4n) is 1.92. The predicted octanol–water partition coefficient (Wildman–Crippen LogP) is 8.43. The second-order valence-electron chi connectivity index (χ2n) is 5.77. The zero-order chi connectivity index (χ0) is 21.2. The standard InChI is InChI=1S/6C5H5.Fe.Os.Ru/c6*1-2-4-5-3-1;;;/h6*1-5H;;;/q6*-1;3*+2. The van der Waals surface area contributed by atoms with Crippen LogP contribution in [0.1, 0.15) is 0 Å². The van der Waals surface area contributed by atoms with E-state index < -0.39 is 0 Å². The summed E-state index contributed by atoms with van der Waals surface area (Å²) in [6.07, 6.45) is 0. The molecular formula is C30H30FeOsRu. The van der Waals surface area contributed by atoms with Gasteiger partial charge in [0, 0.05) is 0 Å². The molecule has 0 atom stereocenters. The van der Waals surface area contributed by atoms with Crippen LogP contribution in [0.2, 0.25) is 0 Å². The zero-order valence-corrected chi connectivity index (χ0v) is 23.8. The average Bonchev–Trinajstić information content (AvgIpc) is 3.69. The summed E-state index contributed by atoms with van der Waals surface area (Å²) < 4.78 is 0. The number of rotatable bonds is 0. The molecule has 0 amide bonds. The van der Waals surface area contributed by atoms with Crippen LogP contribution >= 0.6 is 0 Å². The molecule has 0 spiro atoms. The van der Waals surface area contributed by atoms with E-state index in [2.05, 4.69) is 0 Å². The molecule has 6 rings (SSSR count). The molecule has 0 heterocycles. The average molecular weight is 738 g/mol. The van der Waals surface area contributed by atoms with Crippen LogP contribution in [0.25, 0.3) is 0 Å². The minimum Gasteiger partial charge on any atom is -0.214 e. The van der Waals surface area contributed by atoms with Gasteiger partial charge in [0.2, 0.25) is 0 Å². The van der Waals surface area contributed by atoms with Crippen LogP contribution in [-0.4, -0.2) is 0 Å². The third-order valence-electron chi connectivity index (χ3n) is 3.33. The molecule has 174 valence electrons. The topological polar surface area (TPSA) is 0 Å². The fraction of sp³-hybridized carbons (Fsp3) is 0. The molecule has 0 aliphatic carbocycles. The Balaban J connectivity index is -0.000000321. The molecule has 0 nitrogen and oxygen atoms in total. The van der Waals surface area contributed by atoms with E-state index in [1.54, 1.807) is 0 Å². The van der Waals surface area contributed by atoms with Crippen LogP contribution in [0.5, 0.6) is 0 Å². The normalized spacial score (nSPS) is 7.27. The molecule has 0 aliphatic heterocycles. The summed E-state index contributed by atoms with van der Waals surface area (Å²) in [5, 5.41) is 0. The Bertz CT molecular complexity index is 562. The minimum atomic E-state index is 0. The van der Waals surface area contributed by atoms with E-state index in [9.17, 15) is 0 Å². The van der Waals surface area contributed by atoms with E-state index in [1.807, 2.05) is 182 Å². The predicted molar refractivity (Wildman–Crippen MR) is 132 cm³/mol. The Labute approximate surface area is 236 Å². The molecule has 0 saturated heterocycles. The van der Waals surface area contributed by atoms with Crippen molar-refractivity contribution in [2.24, 2.45) is 0 Å². The SMILES string of the molecule is [Fe+2].[Os+2].[Ru+2].c1cc[cH-]c1.c1cc[cH-]c1.c1cc[cH-]c1.c1cc[cH-]c1.c1cc[cH-]c1.c1cc[cH-]c1. The Morgan fingerprint density at radius 1 is 0.242 bits per heavy atom. The van der Waals surface area contributed by atoms with Crippen molar-refractivity contribution in [1.82, 2.24) is 0 Å². The van der Waals surface area contributed by atoms with E-state index >= 15 is 0 Å². The zero-order valence-electron chi connectivity index (χ0n) is 18.4. The Hall–Kier alpha value is -2.12. The summed E-state index contributed by atoms with van der Waals surface area (Å²) in [7, 11) is 0. The molecule has 33 heavy (non-hydrogen) atoms. The summed E-state index contributed by atoms with van der Waals surface area (Å²) in [6.45, 7) is 0. The van der Waals surface area contributed by atoms with Crippen LogP contribution in [0.15, 0.2) is 182 Å². The van der Waals surface area contributed by atoms with E-state index in [4.69, 9.17) is 0 Å². The molecule has 0 fully saturated rings. The summed E-state index contributed by atoms with van der Waals surface area (Å²) in [5.41, 5.74) is 0. The van der Waals surface area contributed by atoms with Crippen molar-refractivity contribution in [1.29, 1.82) is 0 Å². The van der Waals surface area contributed by atoms with E-state index in [-0.39, 0.29) is 56.3 Å². The fourth-order valence-corrected chi connectivity index (χ4v) is 1.92. The molecule has 6 aromatic rings. The number of hydrogen-bond acceptors (Lipinski definition) is 0. The Morgan fingerprint density at radius 2 is 0.333 bits per heavy atom. The van der Waals surface area contributed by atoms with E-state index in [0.29, 0.717) is 0 Å². The first-order chi connectivity index (χ1) is 15.0. The molecule has 0 radical (unpaired) electrons. The quantitative estimate of drug-likeness (QED) is 0.109. The molecule has 0 N–H and O–H groups in total. The van der Waals surface area contributed by atoms with Crippen LogP contribution < -0.4 is 0 Å². The van der Waals surface area contributed by atoms with Gasteiger partial charge >= 0.3 is 56.3 Å². The van der Waals surface area contributed by atoms with Crippen molar-refractivity contribution in [3.63, 3.8) is 0 Å². The summed E-state index contributed by atoms with van der Waals surface area (Å²) in [6, 6.07) is 60.0. The van der Waals surface area contributed by atoms with Gasteiger partial charge in [-0.3, -0.25) is 0 Å². The third kappa shape index (κ3) is 29.9. The van der Waals surface area contributed by atoms with Crippen LogP contribution in [0, 0.1) is 0 Å². The van der Waals surface area contributed by atoms with Crippen LogP contribution in [0.4, 0.5) is 0 Å². The van der Waals surface area contributed by atoms with Gasteiger partial charge in [0.1, 0.15) is 0 Å². The third-order valence-corrected chi connectivity index (χ3v) is 3.33. The summed E-state index contributed by atoms with van der Waals surface area (Å²) in [4.78, 5) is 0. The molecule has 0 aromatic heterocycles. The van der Waals surface area contributed by atoms with Crippen molar-refractivity contribution in [2.45, 2.75) is 0 Å². The maximum Gasteiger partial charge on any atom is 2.00 e. The second kappa shape index (κ2) is 32.1. The van der Waals surface area contributed by atoms with Crippen LogP contribution in [0.3, 0.4) is 0 Å². The summed E-state index contributed by atoms with van der Waals surface area (Å²) in [5.74, 6) is 0. The number of hydrogen-bond donors (Lipinski definition) is 0. The van der Waals surface area contributed by atoms with Gasteiger partial charge < -0.3 is 0 Å². The molecule has 0 aliphatic rings. The largest absolute Gasteiger partial charge is 2.00 e. The summed E-state index contributed by atoms with van der Waals surface area (Å²) >= 11 is 0. The minimum absolute atomic E-state index is 0.